The number of amides is 5. The summed E-state index contributed by atoms with van der Waals surface area (Å²) < 4.78 is 10.7. The Hall–Kier alpha value is -5.43. The molecule has 1 heterocycles. The van der Waals surface area contributed by atoms with Crippen LogP contribution in [0.4, 0.5) is 0 Å². The van der Waals surface area contributed by atoms with Crippen LogP contribution in [0.3, 0.4) is 0 Å². The second-order valence-corrected chi connectivity index (χ2v) is 17.2. The highest BCUT2D eigenvalue weighted by Crippen LogP contribution is 2.28. The summed E-state index contributed by atoms with van der Waals surface area (Å²) in [6, 6.07) is 21.4. The maximum Gasteiger partial charge on any atom is 0.246 e. The third-order valence-corrected chi connectivity index (χ3v) is 11.7. The van der Waals surface area contributed by atoms with Crippen molar-refractivity contribution in [1.29, 1.82) is 0 Å². The monoisotopic (exact) mass is 841 g/mol. The highest BCUT2D eigenvalue weighted by molar-refractivity contribution is 5.96. The predicted molar refractivity (Wildman–Crippen MR) is 237 cm³/mol. The highest BCUT2D eigenvalue weighted by atomic mass is 16.5. The van der Waals surface area contributed by atoms with E-state index in [1.807, 2.05) is 108 Å². The van der Waals surface area contributed by atoms with Gasteiger partial charge in [0.1, 0.15) is 24.2 Å². The van der Waals surface area contributed by atoms with Crippen LogP contribution in [0.1, 0.15) is 78.0 Å². The van der Waals surface area contributed by atoms with Crippen LogP contribution in [0.15, 0.2) is 78.9 Å². The number of carbonyl (C=O) groups is 5. The zero-order chi connectivity index (χ0) is 45.0. The topological polar surface area (TPSA) is 141 Å². The van der Waals surface area contributed by atoms with Gasteiger partial charge in [-0.2, -0.15) is 0 Å². The Morgan fingerprint density at radius 2 is 1.25 bits per heavy atom. The lowest BCUT2D eigenvalue weighted by atomic mass is 9.95. The van der Waals surface area contributed by atoms with E-state index in [2.05, 4.69) is 15.5 Å². The van der Waals surface area contributed by atoms with Crippen LogP contribution in [0.2, 0.25) is 0 Å². The molecule has 1 aliphatic heterocycles. The Labute approximate surface area is 363 Å². The molecule has 3 aromatic carbocycles. The minimum Gasteiger partial charge on any atom is -0.493 e. The van der Waals surface area contributed by atoms with E-state index in [9.17, 15) is 24.0 Å². The number of methoxy groups -OCH3 is 2. The summed E-state index contributed by atoms with van der Waals surface area (Å²) in [5.74, 6) is -1.26. The van der Waals surface area contributed by atoms with Crippen molar-refractivity contribution < 1.29 is 33.4 Å². The zero-order valence-electron chi connectivity index (χ0n) is 38.0. The molecule has 0 aliphatic carbocycles. The Bertz CT molecular complexity index is 1880. The maximum atomic E-state index is 14.5. The van der Waals surface area contributed by atoms with E-state index in [1.165, 1.54) is 9.80 Å². The molecule has 5 amide bonds. The number of benzene rings is 3. The van der Waals surface area contributed by atoms with Crippen molar-refractivity contribution in [3.05, 3.63) is 95.6 Å². The van der Waals surface area contributed by atoms with Crippen LogP contribution in [0.5, 0.6) is 11.5 Å². The number of hydrogen-bond donors (Lipinski definition) is 2. The van der Waals surface area contributed by atoms with Crippen LogP contribution < -0.4 is 20.1 Å². The maximum absolute atomic E-state index is 14.5. The molecular weight excluding hydrogens is 773 g/mol. The van der Waals surface area contributed by atoms with Gasteiger partial charge in [0.05, 0.1) is 20.3 Å². The Balaban J connectivity index is 1.48. The van der Waals surface area contributed by atoms with Gasteiger partial charge in [0.2, 0.25) is 29.5 Å². The fourth-order valence-corrected chi connectivity index (χ4v) is 8.17. The van der Waals surface area contributed by atoms with E-state index in [1.54, 1.807) is 52.3 Å². The molecule has 0 bridgehead atoms. The van der Waals surface area contributed by atoms with E-state index in [0.29, 0.717) is 44.0 Å². The van der Waals surface area contributed by atoms with E-state index in [0.717, 1.165) is 16.7 Å². The second-order valence-electron chi connectivity index (χ2n) is 17.2. The van der Waals surface area contributed by atoms with Gasteiger partial charge >= 0.3 is 0 Å². The smallest absolute Gasteiger partial charge is 0.246 e. The van der Waals surface area contributed by atoms with Crippen molar-refractivity contribution in [2.45, 2.75) is 111 Å². The largest absolute Gasteiger partial charge is 0.493 e. The average molecular weight is 841 g/mol. The molecule has 3 aromatic rings. The average Bonchev–Trinajstić information content (AvgIpc) is 3.74. The third kappa shape index (κ3) is 12.3. The molecule has 13 heteroatoms. The van der Waals surface area contributed by atoms with Gasteiger partial charge in [-0.25, -0.2) is 0 Å². The van der Waals surface area contributed by atoms with E-state index >= 15 is 0 Å². The second kappa shape index (κ2) is 22.4. The molecule has 0 spiro atoms. The zero-order valence-corrected chi connectivity index (χ0v) is 38.0. The molecule has 61 heavy (non-hydrogen) atoms. The molecule has 332 valence electrons. The molecule has 1 fully saturated rings. The first-order valence-corrected chi connectivity index (χ1v) is 21.4. The fraction of sp³-hybridized carbons (Fsp3) is 0.521. The van der Waals surface area contributed by atoms with Crippen molar-refractivity contribution in [3.63, 3.8) is 0 Å². The molecule has 0 unspecified atom stereocenters. The van der Waals surface area contributed by atoms with Crippen molar-refractivity contribution in [2.75, 3.05) is 34.9 Å². The SMILES string of the molecule is COc1ccc(CNC(=O)[C@@H](C)N(C)C(=O)[C@@H]2CCCN2C(=O)[C@H](C(C)C)N(C)C(=O)[C@@H](NC(=O)[C@H](C(C)C)N(Cc2ccccc2)Cc2ccccc2)C(C)C)cc1OC. The number of nitrogens with one attached hydrogen (secondary N) is 2. The van der Waals surface area contributed by atoms with Crippen molar-refractivity contribution in [3.8, 4) is 11.5 Å². The Morgan fingerprint density at radius 3 is 1.75 bits per heavy atom. The molecule has 1 aliphatic rings. The Kier molecular flexibility index (Phi) is 17.7. The lowest BCUT2D eigenvalue weighted by molar-refractivity contribution is -0.153. The van der Waals surface area contributed by atoms with Gasteiger partial charge in [-0.05, 0) is 66.3 Å². The summed E-state index contributed by atoms with van der Waals surface area (Å²) >= 11 is 0. The summed E-state index contributed by atoms with van der Waals surface area (Å²) in [5, 5.41) is 6.02. The van der Waals surface area contributed by atoms with Gasteiger partial charge in [0.25, 0.3) is 0 Å². The first kappa shape index (κ1) is 48.2. The Morgan fingerprint density at radius 1 is 0.689 bits per heavy atom. The van der Waals surface area contributed by atoms with E-state index in [-0.39, 0.29) is 53.8 Å². The first-order valence-electron chi connectivity index (χ1n) is 21.4. The summed E-state index contributed by atoms with van der Waals surface area (Å²) in [6.45, 7) is 14.8. The number of hydrogen-bond acceptors (Lipinski definition) is 8. The lowest BCUT2D eigenvalue weighted by Gasteiger charge is -2.39. The lowest BCUT2D eigenvalue weighted by Crippen LogP contribution is -2.61. The number of likely N-dealkylation sites (tertiary alicyclic amines) is 1. The van der Waals surface area contributed by atoms with Gasteiger partial charge in [-0.3, -0.25) is 28.9 Å². The van der Waals surface area contributed by atoms with Gasteiger partial charge in [-0.15, -0.1) is 0 Å². The van der Waals surface area contributed by atoms with Crippen LogP contribution in [-0.4, -0.2) is 114 Å². The van der Waals surface area contributed by atoms with Crippen LogP contribution in [0, 0.1) is 17.8 Å². The fourth-order valence-electron chi connectivity index (χ4n) is 8.17. The first-order chi connectivity index (χ1) is 29.0. The molecule has 0 saturated carbocycles. The third-order valence-electron chi connectivity index (χ3n) is 11.7. The molecular formula is C48H68N6O7. The number of rotatable bonds is 20. The molecule has 2 N–H and O–H groups in total. The van der Waals surface area contributed by atoms with Gasteiger partial charge in [0, 0.05) is 40.3 Å². The molecule has 0 radical (unpaired) electrons. The number of carbonyl (C=O) groups excluding carboxylic acids is 5. The minimum absolute atomic E-state index is 0.0905. The molecule has 0 aromatic heterocycles. The van der Waals surface area contributed by atoms with Gasteiger partial charge in [0.15, 0.2) is 11.5 Å². The van der Waals surface area contributed by atoms with Crippen molar-refractivity contribution >= 4 is 29.5 Å². The highest BCUT2D eigenvalue weighted by Gasteiger charge is 2.44. The minimum atomic E-state index is -0.913. The molecule has 1 saturated heterocycles. The quantitative estimate of drug-likeness (QED) is 0.152. The predicted octanol–water partition coefficient (Wildman–Crippen LogP) is 5.51. The van der Waals surface area contributed by atoms with Crippen molar-refractivity contribution in [2.24, 2.45) is 17.8 Å². The van der Waals surface area contributed by atoms with Crippen molar-refractivity contribution in [1.82, 2.24) is 30.2 Å². The summed E-state index contributed by atoms with van der Waals surface area (Å²) in [6.07, 6.45) is 1.03. The molecule has 5 atom stereocenters. The van der Waals surface area contributed by atoms with Crippen LogP contribution >= 0.6 is 0 Å². The van der Waals surface area contributed by atoms with E-state index < -0.39 is 30.2 Å². The molecule has 4 rings (SSSR count). The normalized spacial score (nSPS) is 15.9. The van der Waals surface area contributed by atoms with Crippen LogP contribution in [0.25, 0.3) is 0 Å². The van der Waals surface area contributed by atoms with Gasteiger partial charge < -0.3 is 34.8 Å². The molecule has 13 nitrogen and oxygen atoms in total. The van der Waals surface area contributed by atoms with Gasteiger partial charge in [-0.1, -0.05) is 108 Å². The number of nitrogens with zero attached hydrogens (tertiary/aromatic N) is 4. The number of ether oxygens (including phenoxy) is 2. The van der Waals surface area contributed by atoms with Crippen LogP contribution in [-0.2, 0) is 43.6 Å². The van der Waals surface area contributed by atoms with E-state index in [4.69, 9.17) is 9.47 Å². The number of likely N-dealkylation sites (N-methyl/N-ethyl adjacent to an activating group) is 2. The summed E-state index contributed by atoms with van der Waals surface area (Å²) in [7, 11) is 6.27. The summed E-state index contributed by atoms with van der Waals surface area (Å²) in [5.41, 5.74) is 2.94. The summed E-state index contributed by atoms with van der Waals surface area (Å²) in [4.78, 5) is 77.4. The standard InChI is InChI=1S/C48H68N6O7/c1-31(2)41(50-45(56)42(32(3)4)53(29-35-19-14-12-15-20-35)30-36-21-16-13-17-22-36)47(58)52(9)43(33(5)6)48(59)54-26-18-23-38(54)46(57)51(8)34(7)44(55)49-28-37-24-25-39(60-10)40(27-37)61-11/h12-17,19-22,24-25,27,31-34,38,41-43H,18,23,26,28-30H2,1-11H3,(H,49,55)(H,50,56)/t34-,38+,41+,42+,43+/m1/s1.